The Hall–Kier alpha value is -3.02. The van der Waals surface area contributed by atoms with Crippen LogP contribution in [0, 0.1) is 0 Å². The first-order valence-corrected chi connectivity index (χ1v) is 9.60. The number of methoxy groups -OCH3 is 1. The van der Waals surface area contributed by atoms with Gasteiger partial charge in [-0.25, -0.2) is 4.79 Å². The molecule has 0 saturated carbocycles. The van der Waals surface area contributed by atoms with Crippen molar-refractivity contribution in [2.24, 2.45) is 0 Å². The number of nitrogens with one attached hydrogen (secondary N) is 2. The zero-order valence-electron chi connectivity index (χ0n) is 16.8. The zero-order chi connectivity index (χ0) is 20.4. The summed E-state index contributed by atoms with van der Waals surface area (Å²) in [6.45, 7) is 5.48. The highest BCUT2D eigenvalue weighted by atomic mass is 16.5. The van der Waals surface area contributed by atoms with Gasteiger partial charge in [0, 0.05) is 19.6 Å². The molecule has 1 atom stereocenters. The molecule has 0 aliphatic rings. The van der Waals surface area contributed by atoms with Crippen molar-refractivity contribution < 1.29 is 14.3 Å². The Morgan fingerprint density at radius 3 is 2.29 bits per heavy atom. The van der Waals surface area contributed by atoms with Gasteiger partial charge in [0.05, 0.1) is 7.11 Å². The molecular formula is C22H29N3O3. The van der Waals surface area contributed by atoms with E-state index in [1.807, 2.05) is 68.4 Å². The molecule has 6 heteroatoms. The van der Waals surface area contributed by atoms with Crippen molar-refractivity contribution in [1.82, 2.24) is 15.5 Å². The molecule has 2 N–H and O–H groups in total. The Labute approximate surface area is 166 Å². The fourth-order valence-electron chi connectivity index (χ4n) is 3.05. The molecule has 0 saturated heterocycles. The SMILES string of the molecule is CCN(CC)C(=O)C(NC(=O)NCCc1ccccc1OC)c1ccccc1. The largest absolute Gasteiger partial charge is 0.496 e. The third-order valence-electron chi connectivity index (χ3n) is 4.60. The van der Waals surface area contributed by atoms with Crippen LogP contribution in [-0.2, 0) is 11.2 Å². The number of rotatable bonds is 9. The number of para-hydroxylation sites is 1. The van der Waals surface area contributed by atoms with Crippen molar-refractivity contribution in [3.63, 3.8) is 0 Å². The third-order valence-corrected chi connectivity index (χ3v) is 4.60. The summed E-state index contributed by atoms with van der Waals surface area (Å²) in [5.41, 5.74) is 1.78. The molecule has 0 aliphatic heterocycles. The first-order chi connectivity index (χ1) is 13.6. The molecule has 150 valence electrons. The van der Waals surface area contributed by atoms with Gasteiger partial charge >= 0.3 is 6.03 Å². The average Bonchev–Trinajstić information content (AvgIpc) is 2.73. The van der Waals surface area contributed by atoms with E-state index in [-0.39, 0.29) is 11.9 Å². The van der Waals surface area contributed by atoms with E-state index in [0.29, 0.717) is 26.1 Å². The van der Waals surface area contributed by atoms with Crippen molar-refractivity contribution in [2.75, 3.05) is 26.7 Å². The third kappa shape index (κ3) is 5.74. The van der Waals surface area contributed by atoms with E-state index in [1.54, 1.807) is 12.0 Å². The van der Waals surface area contributed by atoms with Crippen LogP contribution in [0.2, 0.25) is 0 Å². The summed E-state index contributed by atoms with van der Waals surface area (Å²) < 4.78 is 5.33. The van der Waals surface area contributed by atoms with Crippen LogP contribution in [0.1, 0.15) is 31.0 Å². The predicted molar refractivity (Wildman–Crippen MR) is 110 cm³/mol. The number of carbonyl (C=O) groups is 2. The molecule has 0 bridgehead atoms. The Kier molecular flexibility index (Phi) is 8.34. The maximum absolute atomic E-state index is 12.9. The van der Waals surface area contributed by atoms with Gasteiger partial charge in [0.15, 0.2) is 0 Å². The van der Waals surface area contributed by atoms with Crippen molar-refractivity contribution in [3.05, 3.63) is 65.7 Å². The fourth-order valence-corrected chi connectivity index (χ4v) is 3.05. The molecule has 2 aromatic rings. The van der Waals surface area contributed by atoms with Gasteiger partial charge in [0.1, 0.15) is 11.8 Å². The van der Waals surface area contributed by atoms with Crippen LogP contribution >= 0.6 is 0 Å². The molecule has 2 aromatic carbocycles. The molecule has 6 nitrogen and oxygen atoms in total. The molecule has 0 aliphatic carbocycles. The van der Waals surface area contributed by atoms with E-state index in [1.165, 1.54) is 0 Å². The number of amides is 3. The van der Waals surface area contributed by atoms with Gasteiger partial charge in [0.25, 0.3) is 0 Å². The van der Waals surface area contributed by atoms with Gasteiger partial charge in [-0.15, -0.1) is 0 Å². The maximum Gasteiger partial charge on any atom is 0.315 e. The zero-order valence-corrected chi connectivity index (χ0v) is 16.8. The number of carbonyl (C=O) groups excluding carboxylic acids is 2. The van der Waals surface area contributed by atoms with E-state index in [9.17, 15) is 9.59 Å². The Bertz CT molecular complexity index is 761. The van der Waals surface area contributed by atoms with E-state index in [0.717, 1.165) is 16.9 Å². The minimum absolute atomic E-state index is 0.115. The van der Waals surface area contributed by atoms with Gasteiger partial charge in [-0.3, -0.25) is 4.79 Å². The number of ether oxygens (including phenoxy) is 1. The Morgan fingerprint density at radius 1 is 1.00 bits per heavy atom. The monoisotopic (exact) mass is 383 g/mol. The summed E-state index contributed by atoms with van der Waals surface area (Å²) >= 11 is 0. The minimum Gasteiger partial charge on any atom is -0.496 e. The first kappa shape index (κ1) is 21.3. The van der Waals surface area contributed by atoms with E-state index in [2.05, 4.69) is 10.6 Å². The van der Waals surface area contributed by atoms with Crippen molar-refractivity contribution >= 4 is 11.9 Å². The van der Waals surface area contributed by atoms with Gasteiger partial charge in [-0.1, -0.05) is 48.5 Å². The predicted octanol–water partition coefficient (Wildman–Crippen LogP) is 3.15. The Morgan fingerprint density at radius 2 is 1.64 bits per heavy atom. The second-order valence-electron chi connectivity index (χ2n) is 6.32. The number of urea groups is 1. The number of nitrogens with zero attached hydrogens (tertiary/aromatic N) is 1. The lowest BCUT2D eigenvalue weighted by atomic mass is 10.1. The summed E-state index contributed by atoms with van der Waals surface area (Å²) in [5.74, 6) is 0.680. The highest BCUT2D eigenvalue weighted by Crippen LogP contribution is 2.18. The molecule has 0 radical (unpaired) electrons. The highest BCUT2D eigenvalue weighted by molar-refractivity contribution is 5.88. The van der Waals surface area contributed by atoms with Gasteiger partial charge in [-0.2, -0.15) is 0 Å². The average molecular weight is 383 g/mol. The van der Waals surface area contributed by atoms with E-state index < -0.39 is 6.04 Å². The minimum atomic E-state index is -0.715. The van der Waals surface area contributed by atoms with E-state index >= 15 is 0 Å². The smallest absolute Gasteiger partial charge is 0.315 e. The van der Waals surface area contributed by atoms with Crippen LogP contribution in [0.3, 0.4) is 0 Å². The number of benzene rings is 2. The lowest BCUT2D eigenvalue weighted by Crippen LogP contribution is -2.46. The first-order valence-electron chi connectivity index (χ1n) is 9.60. The second kappa shape index (κ2) is 11.0. The standard InChI is InChI=1S/C22H29N3O3/c1-4-25(5-2)21(26)20(18-12-7-6-8-13-18)24-22(27)23-16-15-17-11-9-10-14-19(17)28-3/h6-14,20H,4-5,15-16H2,1-3H3,(H2,23,24,27). The molecule has 0 aromatic heterocycles. The second-order valence-corrected chi connectivity index (χ2v) is 6.32. The molecule has 3 amide bonds. The molecule has 2 rings (SSSR count). The van der Waals surface area contributed by atoms with Gasteiger partial charge in [-0.05, 0) is 37.5 Å². The van der Waals surface area contributed by atoms with Crippen molar-refractivity contribution in [1.29, 1.82) is 0 Å². The number of likely N-dealkylation sites (N-methyl/N-ethyl adjacent to an activating group) is 1. The van der Waals surface area contributed by atoms with Crippen molar-refractivity contribution in [3.8, 4) is 5.75 Å². The molecule has 28 heavy (non-hydrogen) atoms. The lowest BCUT2D eigenvalue weighted by molar-refractivity contribution is -0.133. The van der Waals surface area contributed by atoms with Crippen LogP contribution in [0.5, 0.6) is 5.75 Å². The number of hydrogen-bond acceptors (Lipinski definition) is 3. The van der Waals surface area contributed by atoms with Gasteiger partial charge in [0.2, 0.25) is 5.91 Å². The quantitative estimate of drug-likeness (QED) is 0.699. The lowest BCUT2D eigenvalue weighted by Gasteiger charge is -2.26. The highest BCUT2D eigenvalue weighted by Gasteiger charge is 2.26. The Balaban J connectivity index is 2.01. The summed E-state index contributed by atoms with van der Waals surface area (Å²) in [7, 11) is 1.63. The van der Waals surface area contributed by atoms with E-state index in [4.69, 9.17) is 4.74 Å². The molecule has 0 spiro atoms. The van der Waals surface area contributed by atoms with Crippen LogP contribution in [0.15, 0.2) is 54.6 Å². The topological polar surface area (TPSA) is 70.7 Å². The molecule has 0 heterocycles. The van der Waals surface area contributed by atoms with Crippen LogP contribution in [-0.4, -0.2) is 43.6 Å². The van der Waals surface area contributed by atoms with Crippen molar-refractivity contribution in [2.45, 2.75) is 26.3 Å². The molecular weight excluding hydrogens is 354 g/mol. The summed E-state index contributed by atoms with van der Waals surface area (Å²) in [6, 6.07) is 15.9. The molecule has 1 unspecified atom stereocenters. The summed E-state index contributed by atoms with van der Waals surface area (Å²) in [6.07, 6.45) is 0.636. The number of hydrogen-bond donors (Lipinski definition) is 2. The fraction of sp³-hybridized carbons (Fsp3) is 0.364. The van der Waals surface area contributed by atoms with Crippen LogP contribution < -0.4 is 15.4 Å². The molecule has 0 fully saturated rings. The summed E-state index contributed by atoms with van der Waals surface area (Å²) in [4.78, 5) is 27.1. The van der Waals surface area contributed by atoms with Gasteiger partial charge < -0.3 is 20.3 Å². The summed E-state index contributed by atoms with van der Waals surface area (Å²) in [5, 5.41) is 5.66. The maximum atomic E-state index is 12.9. The normalized spacial score (nSPS) is 11.4. The van der Waals surface area contributed by atoms with Crippen LogP contribution in [0.4, 0.5) is 4.79 Å². The van der Waals surface area contributed by atoms with Crippen LogP contribution in [0.25, 0.3) is 0 Å².